The van der Waals surface area contributed by atoms with Gasteiger partial charge in [-0.05, 0) is 13.8 Å². The minimum absolute atomic E-state index is 0.0458. The lowest BCUT2D eigenvalue weighted by atomic mass is 10.3. The average molecular weight is 139 g/mol. The zero-order chi connectivity index (χ0) is 7.98. The van der Waals surface area contributed by atoms with Gasteiger partial charge in [-0.25, -0.2) is 0 Å². The molecule has 0 aliphatic rings. The van der Waals surface area contributed by atoms with Crippen LogP contribution in [0, 0.1) is 0 Å². The van der Waals surface area contributed by atoms with Crippen molar-refractivity contribution in [2.24, 2.45) is 4.99 Å². The molecule has 0 rings (SSSR count). The number of ketones is 1. The van der Waals surface area contributed by atoms with E-state index in [1.807, 2.05) is 19.1 Å². The van der Waals surface area contributed by atoms with Gasteiger partial charge in [0.05, 0.1) is 12.3 Å². The third kappa shape index (κ3) is 4.01. The average Bonchev–Trinajstić information content (AvgIpc) is 1.88. The summed E-state index contributed by atoms with van der Waals surface area (Å²) < 4.78 is 0. The van der Waals surface area contributed by atoms with E-state index in [4.69, 9.17) is 0 Å². The van der Waals surface area contributed by atoms with Crippen LogP contribution in [0.5, 0.6) is 0 Å². The highest BCUT2D eigenvalue weighted by molar-refractivity contribution is 6.37. The predicted molar refractivity (Wildman–Crippen MR) is 43.5 cm³/mol. The van der Waals surface area contributed by atoms with Crippen molar-refractivity contribution in [3.8, 4) is 0 Å². The Kier molecular flexibility index (Phi) is 4.46. The van der Waals surface area contributed by atoms with Crippen LogP contribution in [0.15, 0.2) is 17.1 Å². The van der Waals surface area contributed by atoms with Crippen molar-refractivity contribution in [2.45, 2.75) is 20.8 Å². The first kappa shape index (κ1) is 9.08. The van der Waals surface area contributed by atoms with Crippen LogP contribution in [0.25, 0.3) is 0 Å². The number of carbonyl (C=O) groups is 1. The molecule has 0 N–H and O–H groups in total. The molecule has 0 fully saturated rings. The molecule has 0 aromatic carbocycles. The summed E-state index contributed by atoms with van der Waals surface area (Å²) in [7, 11) is 0. The second kappa shape index (κ2) is 4.91. The number of rotatable bonds is 3. The number of aliphatic imine (C=N–C) groups is 1. The lowest BCUT2D eigenvalue weighted by Crippen LogP contribution is -2.04. The molecule has 0 radical (unpaired) electrons. The third-order valence-electron chi connectivity index (χ3n) is 1.18. The quantitative estimate of drug-likeness (QED) is 0.431. The van der Waals surface area contributed by atoms with Gasteiger partial charge in [-0.15, -0.1) is 0 Å². The first-order valence-electron chi connectivity index (χ1n) is 3.31. The van der Waals surface area contributed by atoms with Gasteiger partial charge in [0.15, 0.2) is 5.78 Å². The van der Waals surface area contributed by atoms with Crippen molar-refractivity contribution in [2.75, 3.05) is 6.54 Å². The van der Waals surface area contributed by atoms with Gasteiger partial charge in [0.25, 0.3) is 0 Å². The van der Waals surface area contributed by atoms with Gasteiger partial charge in [0.2, 0.25) is 0 Å². The van der Waals surface area contributed by atoms with Crippen molar-refractivity contribution >= 4 is 11.5 Å². The van der Waals surface area contributed by atoms with E-state index in [0.717, 1.165) is 0 Å². The van der Waals surface area contributed by atoms with E-state index >= 15 is 0 Å². The van der Waals surface area contributed by atoms with E-state index in [9.17, 15) is 4.79 Å². The smallest absolute Gasteiger partial charge is 0.173 e. The number of carbonyl (C=O) groups excluding carboxylic acids is 1. The van der Waals surface area contributed by atoms with Gasteiger partial charge < -0.3 is 0 Å². The number of Topliss-reactive ketones (excluding diaryl/α,β-unsaturated/α-hetero) is 1. The van der Waals surface area contributed by atoms with Crippen LogP contribution in [-0.4, -0.2) is 18.0 Å². The highest BCUT2D eigenvalue weighted by Crippen LogP contribution is 1.81. The highest BCUT2D eigenvalue weighted by Gasteiger charge is 1.93. The minimum Gasteiger partial charge on any atom is -0.293 e. The lowest BCUT2D eigenvalue weighted by Gasteiger charge is -1.89. The van der Waals surface area contributed by atoms with Gasteiger partial charge in [0, 0.05) is 6.92 Å². The summed E-state index contributed by atoms with van der Waals surface area (Å²) in [5.74, 6) is 0.0458. The van der Waals surface area contributed by atoms with Crippen molar-refractivity contribution in [3.05, 3.63) is 12.2 Å². The van der Waals surface area contributed by atoms with Gasteiger partial charge >= 0.3 is 0 Å². The van der Waals surface area contributed by atoms with Crippen molar-refractivity contribution in [1.29, 1.82) is 0 Å². The second-order valence-corrected chi connectivity index (χ2v) is 2.05. The Balaban J connectivity index is 3.80. The van der Waals surface area contributed by atoms with Crippen LogP contribution < -0.4 is 0 Å². The molecule has 0 saturated heterocycles. The minimum atomic E-state index is 0.0458. The Bertz CT molecular complexity index is 168. The molecule has 0 spiro atoms. The van der Waals surface area contributed by atoms with E-state index in [1.165, 1.54) is 6.92 Å². The Morgan fingerprint density at radius 2 is 2.10 bits per heavy atom. The molecule has 0 heterocycles. The zero-order valence-corrected chi connectivity index (χ0v) is 6.72. The summed E-state index contributed by atoms with van der Waals surface area (Å²) in [6.45, 7) is 5.79. The fraction of sp³-hybridized carbons (Fsp3) is 0.500. The summed E-state index contributed by atoms with van der Waals surface area (Å²) in [6, 6.07) is 0. The zero-order valence-electron chi connectivity index (χ0n) is 6.72. The van der Waals surface area contributed by atoms with Crippen molar-refractivity contribution in [3.63, 3.8) is 0 Å². The molecule has 2 heteroatoms. The summed E-state index contributed by atoms with van der Waals surface area (Å²) in [5.41, 5.74) is 0.595. The maximum Gasteiger partial charge on any atom is 0.173 e. The number of hydrogen-bond acceptors (Lipinski definition) is 2. The van der Waals surface area contributed by atoms with Crippen LogP contribution in [0.1, 0.15) is 20.8 Å². The topological polar surface area (TPSA) is 29.4 Å². The van der Waals surface area contributed by atoms with Gasteiger partial charge in [0.1, 0.15) is 0 Å². The summed E-state index contributed by atoms with van der Waals surface area (Å²) in [4.78, 5) is 14.6. The van der Waals surface area contributed by atoms with Crippen LogP contribution in [0.4, 0.5) is 0 Å². The van der Waals surface area contributed by atoms with Gasteiger partial charge in [-0.1, -0.05) is 12.2 Å². The first-order chi connectivity index (χ1) is 4.68. The molecule has 10 heavy (non-hydrogen) atoms. The van der Waals surface area contributed by atoms with Crippen LogP contribution in [0.2, 0.25) is 0 Å². The Morgan fingerprint density at radius 1 is 1.50 bits per heavy atom. The molecule has 0 aromatic heterocycles. The van der Waals surface area contributed by atoms with Crippen molar-refractivity contribution in [1.82, 2.24) is 0 Å². The number of nitrogens with zero attached hydrogens (tertiary/aromatic N) is 1. The molecular formula is C8H13NO. The molecule has 0 atom stereocenters. The van der Waals surface area contributed by atoms with E-state index < -0.39 is 0 Å². The second-order valence-electron chi connectivity index (χ2n) is 2.05. The number of hydrogen-bond donors (Lipinski definition) is 0. The maximum atomic E-state index is 10.6. The van der Waals surface area contributed by atoms with Crippen LogP contribution in [-0.2, 0) is 4.79 Å². The number of allylic oxidation sites excluding steroid dienone is 1. The summed E-state index contributed by atoms with van der Waals surface area (Å²) >= 11 is 0. The molecule has 0 bridgehead atoms. The van der Waals surface area contributed by atoms with E-state index in [1.54, 1.807) is 6.92 Å². The fourth-order valence-electron chi connectivity index (χ4n) is 0.406. The molecule has 0 aliphatic carbocycles. The molecule has 0 unspecified atom stereocenters. The Morgan fingerprint density at radius 3 is 2.50 bits per heavy atom. The predicted octanol–water partition coefficient (Wildman–Crippen LogP) is 1.61. The molecule has 0 aliphatic heterocycles. The third-order valence-corrected chi connectivity index (χ3v) is 1.18. The molecule has 0 amide bonds. The summed E-state index contributed by atoms with van der Waals surface area (Å²) in [5, 5.41) is 0. The maximum absolute atomic E-state index is 10.6. The Labute approximate surface area is 61.7 Å². The normalized spacial score (nSPS) is 12.5. The molecule has 0 saturated carbocycles. The summed E-state index contributed by atoms with van der Waals surface area (Å²) in [6.07, 6.45) is 3.82. The van der Waals surface area contributed by atoms with E-state index in [2.05, 4.69) is 4.99 Å². The highest BCUT2D eigenvalue weighted by atomic mass is 16.1. The fourth-order valence-corrected chi connectivity index (χ4v) is 0.406. The Hall–Kier alpha value is -0.920. The lowest BCUT2D eigenvalue weighted by molar-refractivity contribution is -0.111. The molecule has 2 nitrogen and oxygen atoms in total. The first-order valence-corrected chi connectivity index (χ1v) is 3.31. The molecule has 0 aromatic rings. The van der Waals surface area contributed by atoms with E-state index in [0.29, 0.717) is 12.3 Å². The monoisotopic (exact) mass is 139 g/mol. The van der Waals surface area contributed by atoms with Crippen LogP contribution in [0.3, 0.4) is 0 Å². The van der Waals surface area contributed by atoms with Gasteiger partial charge in [-0.3, -0.25) is 9.79 Å². The SMILES string of the molecule is C/C=C\CN=C(C)C(C)=O. The molecule has 56 valence electrons. The van der Waals surface area contributed by atoms with Crippen molar-refractivity contribution < 1.29 is 4.79 Å². The van der Waals surface area contributed by atoms with Gasteiger partial charge in [-0.2, -0.15) is 0 Å². The molecular weight excluding hydrogens is 126 g/mol. The standard InChI is InChI=1S/C8H13NO/c1-4-5-6-9-7(2)8(3)10/h4-5H,6H2,1-3H3/b5-4-,9-7?. The van der Waals surface area contributed by atoms with Crippen LogP contribution >= 0.6 is 0 Å². The van der Waals surface area contributed by atoms with E-state index in [-0.39, 0.29) is 5.78 Å². The largest absolute Gasteiger partial charge is 0.293 e.